The fourth-order valence-electron chi connectivity index (χ4n) is 5.67. The van der Waals surface area contributed by atoms with Crippen LogP contribution >= 0.6 is 7.82 Å². The number of unbranched alkanes of at least 4 members (excludes halogenated alkanes) is 13. The van der Waals surface area contributed by atoms with Crippen molar-refractivity contribution in [2.45, 2.75) is 168 Å². The summed E-state index contributed by atoms with van der Waals surface area (Å²) in [7, 11) is 1.62. The van der Waals surface area contributed by atoms with Gasteiger partial charge in [-0.05, 0) is 89.9 Å². The van der Waals surface area contributed by atoms with Gasteiger partial charge in [0.15, 0.2) is 0 Å². The highest BCUT2D eigenvalue weighted by Crippen LogP contribution is 2.43. The van der Waals surface area contributed by atoms with Gasteiger partial charge in [0, 0.05) is 13.0 Å². The molecule has 0 saturated heterocycles. The van der Waals surface area contributed by atoms with Crippen LogP contribution < -0.4 is 0 Å². The van der Waals surface area contributed by atoms with Crippen LogP contribution in [0.3, 0.4) is 0 Å². The molecule has 0 radical (unpaired) electrons. The zero-order valence-electron chi connectivity index (χ0n) is 37.8. The van der Waals surface area contributed by atoms with Gasteiger partial charge < -0.3 is 18.9 Å². The van der Waals surface area contributed by atoms with E-state index in [0.29, 0.717) is 17.6 Å². The molecule has 0 aromatic heterocycles. The molecule has 2 atom stereocenters. The normalized spacial score (nSPS) is 14.5. The van der Waals surface area contributed by atoms with Crippen molar-refractivity contribution in [2.24, 2.45) is 0 Å². The number of ether oxygens (including phenoxy) is 2. The average Bonchev–Trinajstić information content (AvgIpc) is 3.18. The first-order valence-electron chi connectivity index (χ1n) is 22.8. The molecule has 0 aliphatic carbocycles. The van der Waals surface area contributed by atoms with Crippen molar-refractivity contribution in [3.05, 3.63) is 85.1 Å². The smallest absolute Gasteiger partial charge is 0.457 e. The largest absolute Gasteiger partial charge is 0.472 e. The molecule has 0 heterocycles. The van der Waals surface area contributed by atoms with E-state index in [1.807, 2.05) is 21.1 Å². The topological polar surface area (TPSA) is 91.3 Å². The lowest BCUT2D eigenvalue weighted by Crippen LogP contribution is -2.37. The molecule has 0 spiro atoms. The van der Waals surface area contributed by atoms with Crippen molar-refractivity contribution in [2.75, 3.05) is 54.1 Å². The number of phosphoric acid groups is 1. The molecule has 0 bridgehead atoms. The van der Waals surface area contributed by atoms with Crippen LogP contribution in [0.4, 0.5) is 0 Å². The van der Waals surface area contributed by atoms with Crippen molar-refractivity contribution < 1.29 is 37.3 Å². The number of esters is 1. The quantitative estimate of drug-likeness (QED) is 0.0216. The molecule has 8 nitrogen and oxygen atoms in total. The Morgan fingerprint density at radius 3 is 1.50 bits per heavy atom. The van der Waals surface area contributed by atoms with E-state index < -0.39 is 13.9 Å². The molecule has 0 fully saturated rings. The molecule has 334 valence electrons. The highest BCUT2D eigenvalue weighted by atomic mass is 31.2. The maximum absolute atomic E-state index is 12.7. The maximum Gasteiger partial charge on any atom is 0.472 e. The van der Waals surface area contributed by atoms with Gasteiger partial charge >= 0.3 is 13.8 Å². The van der Waals surface area contributed by atoms with Crippen LogP contribution in [-0.4, -0.2) is 75.6 Å². The summed E-state index contributed by atoms with van der Waals surface area (Å²) < 4.78 is 35.0. The molecule has 0 aromatic rings. The van der Waals surface area contributed by atoms with Crippen molar-refractivity contribution in [1.29, 1.82) is 0 Å². The first-order valence-corrected chi connectivity index (χ1v) is 24.3. The molecule has 0 saturated carbocycles. The van der Waals surface area contributed by atoms with Crippen LogP contribution in [0.25, 0.3) is 0 Å². The summed E-state index contributed by atoms with van der Waals surface area (Å²) >= 11 is 0. The lowest BCUT2D eigenvalue weighted by atomic mass is 10.1. The van der Waals surface area contributed by atoms with Gasteiger partial charge in [0.1, 0.15) is 19.3 Å². The van der Waals surface area contributed by atoms with Gasteiger partial charge in [0.2, 0.25) is 0 Å². The number of quaternary nitrogens is 1. The first kappa shape index (κ1) is 55.7. The Hall–Kier alpha value is -2.32. The zero-order chi connectivity index (χ0) is 42.7. The Morgan fingerprint density at radius 1 is 0.552 bits per heavy atom. The molecule has 1 N–H and O–H groups in total. The van der Waals surface area contributed by atoms with E-state index in [1.165, 1.54) is 51.4 Å². The third-order valence-electron chi connectivity index (χ3n) is 9.19. The minimum Gasteiger partial charge on any atom is -0.457 e. The number of likely N-dealkylation sites (N-methyl/N-ethyl adjacent to an activating group) is 1. The second-order valence-corrected chi connectivity index (χ2v) is 17.5. The lowest BCUT2D eigenvalue weighted by molar-refractivity contribution is -0.870. The number of hydrogen-bond donors (Lipinski definition) is 1. The molecular weight excluding hydrogens is 746 g/mol. The third kappa shape index (κ3) is 44.8. The van der Waals surface area contributed by atoms with Gasteiger partial charge in [-0.2, -0.15) is 0 Å². The van der Waals surface area contributed by atoms with Gasteiger partial charge in [-0.25, -0.2) is 4.57 Å². The Kier molecular flexibility index (Phi) is 39.8. The molecule has 0 aliphatic rings. The number of nitrogens with zero attached hydrogens (tertiary/aromatic N) is 1. The second-order valence-electron chi connectivity index (χ2n) is 16.0. The summed E-state index contributed by atoms with van der Waals surface area (Å²) in [6, 6.07) is 0. The van der Waals surface area contributed by atoms with E-state index in [9.17, 15) is 14.3 Å². The summed E-state index contributed by atoms with van der Waals surface area (Å²) in [5, 5.41) is 0. The van der Waals surface area contributed by atoms with E-state index in [-0.39, 0.29) is 32.2 Å². The van der Waals surface area contributed by atoms with E-state index >= 15 is 0 Å². The summed E-state index contributed by atoms with van der Waals surface area (Å²) in [5.41, 5.74) is 0. The fraction of sp³-hybridized carbons (Fsp3) is 0.694. The van der Waals surface area contributed by atoms with E-state index in [1.54, 1.807) is 0 Å². The van der Waals surface area contributed by atoms with Crippen LogP contribution in [0.5, 0.6) is 0 Å². The summed E-state index contributed by atoms with van der Waals surface area (Å²) in [6.07, 6.45) is 54.7. The number of carbonyl (C=O) groups is 1. The van der Waals surface area contributed by atoms with Crippen LogP contribution in [-0.2, 0) is 27.9 Å². The molecule has 0 aromatic carbocycles. The summed E-state index contributed by atoms with van der Waals surface area (Å²) in [4.78, 5) is 22.9. The van der Waals surface area contributed by atoms with Crippen LogP contribution in [0, 0.1) is 0 Å². The fourth-order valence-corrected chi connectivity index (χ4v) is 6.41. The Bertz CT molecular complexity index is 1200. The predicted molar refractivity (Wildman–Crippen MR) is 247 cm³/mol. The number of phosphoric ester groups is 1. The number of allylic oxidation sites excluding steroid dienone is 14. The lowest BCUT2D eigenvalue weighted by Gasteiger charge is -2.24. The van der Waals surface area contributed by atoms with Gasteiger partial charge in [-0.3, -0.25) is 13.8 Å². The highest BCUT2D eigenvalue weighted by Gasteiger charge is 2.26. The predicted octanol–water partition coefficient (Wildman–Crippen LogP) is 13.7. The van der Waals surface area contributed by atoms with Crippen molar-refractivity contribution in [1.82, 2.24) is 0 Å². The van der Waals surface area contributed by atoms with Gasteiger partial charge in [0.25, 0.3) is 0 Å². The SMILES string of the molecule is CC/C=C\C/C=C\C/C=C\C/C=C\C/C=C\CCCCCC(=O)OC(COCCCCCCCC/C=C\C/C=C\CCCCCC)COP(=O)(O)OCC[N+](C)(C)C. The van der Waals surface area contributed by atoms with E-state index in [0.717, 1.165) is 89.9 Å². The molecule has 0 aliphatic heterocycles. The van der Waals surface area contributed by atoms with Crippen LogP contribution in [0.1, 0.15) is 162 Å². The Morgan fingerprint density at radius 2 is 1.00 bits per heavy atom. The Labute approximate surface area is 356 Å². The highest BCUT2D eigenvalue weighted by molar-refractivity contribution is 7.47. The standard InChI is InChI=1S/C49H86NO7P/c1-6-8-10-12-14-16-18-20-22-24-25-26-28-30-32-34-36-38-40-42-49(51)57-48(47-56-58(52,53)55-45-43-50(3,4)5)46-54-44-41-39-37-35-33-31-29-27-23-21-19-17-15-13-11-9-7-2/h8,10,14,16-17,19-20,22-23,25-27,30,32,48H,6-7,9,11-13,15,18,21,24,28-29,31,33-47H2,1-5H3/p+1/b10-8-,16-14-,19-17-,22-20-,26-25-,27-23-,32-30-. The van der Waals surface area contributed by atoms with Crippen LogP contribution in [0.2, 0.25) is 0 Å². The molecule has 0 rings (SSSR count). The molecular formula is C49H87NO7P+. The average molecular weight is 833 g/mol. The van der Waals surface area contributed by atoms with Gasteiger partial charge in [-0.15, -0.1) is 0 Å². The van der Waals surface area contributed by atoms with Gasteiger partial charge in [0.05, 0.1) is 34.4 Å². The maximum atomic E-state index is 12.7. The Balaban J connectivity index is 4.33. The van der Waals surface area contributed by atoms with Crippen molar-refractivity contribution in [3.8, 4) is 0 Å². The molecule has 58 heavy (non-hydrogen) atoms. The first-order chi connectivity index (χ1) is 28.1. The van der Waals surface area contributed by atoms with Crippen LogP contribution in [0.15, 0.2) is 85.1 Å². The van der Waals surface area contributed by atoms with Crippen molar-refractivity contribution >= 4 is 13.8 Å². The van der Waals surface area contributed by atoms with Gasteiger partial charge in [-0.1, -0.05) is 150 Å². The molecule has 9 heteroatoms. The van der Waals surface area contributed by atoms with E-state index in [2.05, 4.69) is 98.9 Å². The zero-order valence-corrected chi connectivity index (χ0v) is 38.6. The third-order valence-corrected chi connectivity index (χ3v) is 10.2. The van der Waals surface area contributed by atoms with E-state index in [4.69, 9.17) is 18.5 Å². The number of hydrogen-bond acceptors (Lipinski definition) is 6. The van der Waals surface area contributed by atoms with Crippen molar-refractivity contribution in [3.63, 3.8) is 0 Å². The number of carbonyl (C=O) groups excluding carboxylic acids is 1. The molecule has 0 amide bonds. The second kappa shape index (κ2) is 41.4. The monoisotopic (exact) mass is 833 g/mol. The minimum absolute atomic E-state index is 0.0749. The number of rotatable bonds is 41. The molecule has 2 unspecified atom stereocenters. The summed E-state index contributed by atoms with van der Waals surface area (Å²) in [5.74, 6) is -0.352. The minimum atomic E-state index is -4.29. The summed E-state index contributed by atoms with van der Waals surface area (Å²) in [6.45, 7) is 5.40.